The van der Waals surface area contributed by atoms with Crippen molar-refractivity contribution in [1.29, 1.82) is 0 Å². The van der Waals surface area contributed by atoms with Gasteiger partial charge in [-0.05, 0) is 25.7 Å². The molecule has 1 saturated carbocycles. The predicted octanol–water partition coefficient (Wildman–Crippen LogP) is 1.51. The molecule has 19 heavy (non-hydrogen) atoms. The SMILES string of the molecule is CC[C@@H]1COCCN1C(=O)[C@@H]1CCC[C@H](C(=O)O)C1. The van der Waals surface area contributed by atoms with Gasteiger partial charge in [-0.25, -0.2) is 0 Å². The molecule has 2 aliphatic rings. The fraction of sp³-hybridized carbons (Fsp3) is 0.857. The summed E-state index contributed by atoms with van der Waals surface area (Å²) in [6, 6.07) is 0.159. The third-order valence-corrected chi connectivity index (χ3v) is 4.35. The van der Waals surface area contributed by atoms with Crippen LogP contribution in [0.5, 0.6) is 0 Å². The highest BCUT2D eigenvalue weighted by molar-refractivity contribution is 5.80. The summed E-state index contributed by atoms with van der Waals surface area (Å²) in [7, 11) is 0. The minimum atomic E-state index is -0.758. The minimum Gasteiger partial charge on any atom is -0.481 e. The molecular weight excluding hydrogens is 246 g/mol. The van der Waals surface area contributed by atoms with Crippen molar-refractivity contribution in [2.24, 2.45) is 11.8 Å². The predicted molar refractivity (Wildman–Crippen MR) is 69.7 cm³/mol. The van der Waals surface area contributed by atoms with Gasteiger partial charge in [0.25, 0.3) is 0 Å². The third kappa shape index (κ3) is 3.26. The molecule has 0 aromatic carbocycles. The minimum absolute atomic E-state index is 0.109. The van der Waals surface area contributed by atoms with Gasteiger partial charge in [-0.15, -0.1) is 0 Å². The van der Waals surface area contributed by atoms with Gasteiger partial charge in [0.15, 0.2) is 0 Å². The summed E-state index contributed by atoms with van der Waals surface area (Å²) in [5, 5.41) is 9.10. The van der Waals surface area contributed by atoms with Crippen LogP contribution in [0, 0.1) is 11.8 Å². The highest BCUT2D eigenvalue weighted by Gasteiger charge is 2.36. The maximum absolute atomic E-state index is 12.6. The molecule has 0 bridgehead atoms. The third-order valence-electron chi connectivity index (χ3n) is 4.35. The molecule has 2 fully saturated rings. The van der Waals surface area contributed by atoms with Crippen molar-refractivity contribution in [2.45, 2.75) is 45.1 Å². The van der Waals surface area contributed by atoms with Crippen LogP contribution in [0.3, 0.4) is 0 Å². The number of aliphatic carboxylic acids is 1. The second-order valence-electron chi connectivity index (χ2n) is 5.57. The first-order valence-electron chi connectivity index (χ1n) is 7.24. The lowest BCUT2D eigenvalue weighted by atomic mass is 9.80. The number of hydrogen-bond acceptors (Lipinski definition) is 3. The molecule has 0 aromatic rings. The molecule has 3 atom stereocenters. The van der Waals surface area contributed by atoms with E-state index in [2.05, 4.69) is 6.92 Å². The van der Waals surface area contributed by atoms with Crippen LogP contribution in [-0.2, 0) is 14.3 Å². The van der Waals surface area contributed by atoms with Gasteiger partial charge in [0.1, 0.15) is 0 Å². The number of carboxylic acids is 1. The summed E-state index contributed by atoms with van der Waals surface area (Å²) in [6.45, 7) is 3.90. The Hall–Kier alpha value is -1.10. The zero-order chi connectivity index (χ0) is 13.8. The van der Waals surface area contributed by atoms with E-state index in [1.807, 2.05) is 4.90 Å². The molecule has 1 saturated heterocycles. The van der Waals surface area contributed by atoms with E-state index in [0.717, 1.165) is 19.3 Å². The molecule has 0 spiro atoms. The Morgan fingerprint density at radius 1 is 1.32 bits per heavy atom. The normalized spacial score (nSPS) is 32.1. The molecule has 1 N–H and O–H groups in total. The van der Waals surface area contributed by atoms with Crippen molar-refractivity contribution >= 4 is 11.9 Å². The Labute approximate surface area is 113 Å². The van der Waals surface area contributed by atoms with Crippen LogP contribution in [0.1, 0.15) is 39.0 Å². The molecule has 108 valence electrons. The lowest BCUT2D eigenvalue weighted by Crippen LogP contribution is -2.51. The van der Waals surface area contributed by atoms with Crippen LogP contribution < -0.4 is 0 Å². The second-order valence-corrected chi connectivity index (χ2v) is 5.57. The largest absolute Gasteiger partial charge is 0.481 e. The van der Waals surface area contributed by atoms with Gasteiger partial charge in [0, 0.05) is 12.5 Å². The zero-order valence-corrected chi connectivity index (χ0v) is 11.5. The van der Waals surface area contributed by atoms with E-state index in [1.54, 1.807) is 0 Å². The van der Waals surface area contributed by atoms with Crippen molar-refractivity contribution in [3.05, 3.63) is 0 Å². The van der Waals surface area contributed by atoms with Crippen molar-refractivity contribution in [3.63, 3.8) is 0 Å². The maximum Gasteiger partial charge on any atom is 0.306 e. The van der Waals surface area contributed by atoms with Crippen LogP contribution in [0.15, 0.2) is 0 Å². The first kappa shape index (κ1) is 14.3. The van der Waals surface area contributed by atoms with E-state index in [0.29, 0.717) is 32.6 Å². The first-order valence-corrected chi connectivity index (χ1v) is 7.24. The van der Waals surface area contributed by atoms with Gasteiger partial charge in [-0.3, -0.25) is 9.59 Å². The smallest absolute Gasteiger partial charge is 0.306 e. The molecule has 0 aromatic heterocycles. The fourth-order valence-electron chi connectivity index (χ4n) is 3.16. The Morgan fingerprint density at radius 2 is 2.05 bits per heavy atom. The number of nitrogens with zero attached hydrogens (tertiary/aromatic N) is 1. The van der Waals surface area contributed by atoms with E-state index in [4.69, 9.17) is 9.84 Å². The number of ether oxygens (including phenoxy) is 1. The van der Waals surface area contributed by atoms with E-state index in [-0.39, 0.29) is 23.8 Å². The molecular formula is C14H23NO4. The first-order chi connectivity index (χ1) is 9.13. The average molecular weight is 269 g/mol. The second kappa shape index (κ2) is 6.37. The van der Waals surface area contributed by atoms with Gasteiger partial charge in [-0.1, -0.05) is 13.3 Å². The summed E-state index contributed by atoms with van der Waals surface area (Å²) >= 11 is 0. The molecule has 2 rings (SSSR count). The van der Waals surface area contributed by atoms with Crippen LogP contribution in [0.4, 0.5) is 0 Å². The lowest BCUT2D eigenvalue weighted by Gasteiger charge is -2.38. The Balaban J connectivity index is 1.99. The number of carboxylic acid groups (broad SMARTS) is 1. The Morgan fingerprint density at radius 3 is 2.74 bits per heavy atom. The monoisotopic (exact) mass is 269 g/mol. The quantitative estimate of drug-likeness (QED) is 0.843. The lowest BCUT2D eigenvalue weighted by molar-refractivity contribution is -0.149. The Bertz CT molecular complexity index is 344. The highest BCUT2D eigenvalue weighted by Crippen LogP contribution is 2.31. The van der Waals surface area contributed by atoms with E-state index < -0.39 is 5.97 Å². The standard InChI is InChI=1S/C14H23NO4/c1-2-12-9-19-7-6-15(12)13(16)10-4-3-5-11(8-10)14(17)18/h10-12H,2-9H2,1H3,(H,17,18)/t10-,11+,12-/m1/s1. The zero-order valence-electron chi connectivity index (χ0n) is 11.5. The number of carbonyl (C=O) groups is 2. The molecule has 1 aliphatic carbocycles. The van der Waals surface area contributed by atoms with Crippen molar-refractivity contribution < 1.29 is 19.4 Å². The molecule has 1 amide bonds. The fourth-order valence-corrected chi connectivity index (χ4v) is 3.16. The number of carbonyl (C=O) groups excluding carboxylic acids is 1. The molecule has 1 heterocycles. The van der Waals surface area contributed by atoms with Gasteiger partial charge < -0.3 is 14.7 Å². The maximum atomic E-state index is 12.6. The number of morpholine rings is 1. The number of amides is 1. The van der Waals surface area contributed by atoms with E-state index in [1.165, 1.54) is 0 Å². The van der Waals surface area contributed by atoms with Crippen molar-refractivity contribution in [1.82, 2.24) is 4.90 Å². The summed E-state index contributed by atoms with van der Waals surface area (Å²) in [5.74, 6) is -1.07. The van der Waals surface area contributed by atoms with E-state index in [9.17, 15) is 9.59 Å². The number of rotatable bonds is 3. The van der Waals surface area contributed by atoms with Crippen molar-refractivity contribution in [3.8, 4) is 0 Å². The summed E-state index contributed by atoms with van der Waals surface area (Å²) in [5.41, 5.74) is 0. The molecule has 0 radical (unpaired) electrons. The van der Waals surface area contributed by atoms with Crippen molar-refractivity contribution in [2.75, 3.05) is 19.8 Å². The van der Waals surface area contributed by atoms with Crippen LogP contribution >= 0.6 is 0 Å². The van der Waals surface area contributed by atoms with Gasteiger partial charge in [0.05, 0.1) is 25.2 Å². The van der Waals surface area contributed by atoms with Gasteiger partial charge in [-0.2, -0.15) is 0 Å². The molecule has 5 heteroatoms. The van der Waals surface area contributed by atoms with Gasteiger partial charge in [0.2, 0.25) is 5.91 Å². The highest BCUT2D eigenvalue weighted by atomic mass is 16.5. The van der Waals surface area contributed by atoms with E-state index >= 15 is 0 Å². The molecule has 1 aliphatic heterocycles. The molecule has 0 unspecified atom stereocenters. The summed E-state index contributed by atoms with van der Waals surface area (Å²) in [6.07, 6.45) is 3.77. The van der Waals surface area contributed by atoms with Crippen LogP contribution in [0.25, 0.3) is 0 Å². The van der Waals surface area contributed by atoms with Crippen LogP contribution in [-0.4, -0.2) is 47.7 Å². The average Bonchev–Trinajstić information content (AvgIpc) is 2.46. The number of hydrogen-bond donors (Lipinski definition) is 1. The Kier molecular flexibility index (Phi) is 4.80. The molecule has 5 nitrogen and oxygen atoms in total. The summed E-state index contributed by atoms with van der Waals surface area (Å²) < 4.78 is 5.41. The van der Waals surface area contributed by atoms with Gasteiger partial charge >= 0.3 is 5.97 Å². The van der Waals surface area contributed by atoms with Crippen LogP contribution in [0.2, 0.25) is 0 Å². The summed E-state index contributed by atoms with van der Waals surface area (Å²) in [4.78, 5) is 25.6. The topological polar surface area (TPSA) is 66.8 Å².